The first-order chi connectivity index (χ1) is 18.7. The highest BCUT2D eigenvalue weighted by Crippen LogP contribution is 2.47. The lowest BCUT2D eigenvalue weighted by molar-refractivity contribution is 0.0770. The summed E-state index contributed by atoms with van der Waals surface area (Å²) in [6.45, 7) is 4.00. The van der Waals surface area contributed by atoms with Crippen LogP contribution in [-0.4, -0.2) is 46.4 Å². The van der Waals surface area contributed by atoms with E-state index >= 15 is 0 Å². The Hall–Kier alpha value is -3.95. The van der Waals surface area contributed by atoms with Gasteiger partial charge in [-0.15, -0.1) is 0 Å². The van der Waals surface area contributed by atoms with E-state index in [1.54, 1.807) is 53.5 Å². The summed E-state index contributed by atoms with van der Waals surface area (Å²) in [6.07, 6.45) is 5.94. The third kappa shape index (κ3) is 4.31. The molecule has 6 rings (SSSR count). The summed E-state index contributed by atoms with van der Waals surface area (Å²) in [5.41, 5.74) is 4.11. The molecule has 2 aliphatic rings. The topological polar surface area (TPSA) is 85.2 Å². The highest BCUT2D eigenvalue weighted by Gasteiger charge is 2.51. The third-order valence-corrected chi connectivity index (χ3v) is 9.50. The maximum Gasteiger partial charge on any atom is 0.243 e. The number of sulfonamides is 1. The third-order valence-electron chi connectivity index (χ3n) is 7.66. The zero-order valence-corrected chi connectivity index (χ0v) is 22.5. The van der Waals surface area contributed by atoms with Crippen LogP contribution in [0, 0.1) is 25.1 Å². The van der Waals surface area contributed by atoms with E-state index in [2.05, 4.69) is 10.1 Å². The molecule has 9 heteroatoms. The van der Waals surface area contributed by atoms with Crippen LogP contribution in [-0.2, 0) is 16.4 Å². The van der Waals surface area contributed by atoms with Crippen LogP contribution in [0.4, 0.5) is 4.39 Å². The molecule has 4 aromatic rings. The minimum Gasteiger partial charge on any atom is -0.291 e. The summed E-state index contributed by atoms with van der Waals surface area (Å²) in [6, 6.07) is 16.5. The first-order valence-corrected chi connectivity index (χ1v) is 14.2. The Morgan fingerprint density at radius 2 is 1.79 bits per heavy atom. The van der Waals surface area contributed by atoms with Gasteiger partial charge in [0.15, 0.2) is 5.78 Å². The number of hydrogen-bond acceptors (Lipinski definition) is 5. The van der Waals surface area contributed by atoms with Crippen molar-refractivity contribution in [2.75, 3.05) is 13.1 Å². The number of aromatic nitrogens is 3. The highest BCUT2D eigenvalue weighted by molar-refractivity contribution is 7.89. The Morgan fingerprint density at radius 1 is 1.03 bits per heavy atom. The highest BCUT2D eigenvalue weighted by atomic mass is 32.2. The van der Waals surface area contributed by atoms with Gasteiger partial charge in [-0.25, -0.2) is 17.5 Å². The van der Waals surface area contributed by atoms with Crippen molar-refractivity contribution in [2.45, 2.75) is 31.6 Å². The molecular formula is C30H27FN4O3S. The molecule has 1 aliphatic heterocycles. The fourth-order valence-corrected chi connectivity index (χ4v) is 7.24. The van der Waals surface area contributed by atoms with Crippen molar-refractivity contribution in [1.82, 2.24) is 19.1 Å². The van der Waals surface area contributed by atoms with E-state index in [1.807, 2.05) is 32.1 Å². The average Bonchev–Trinajstić information content (AvgIpc) is 3.33. The van der Waals surface area contributed by atoms with E-state index in [0.29, 0.717) is 17.8 Å². The quantitative estimate of drug-likeness (QED) is 0.334. The molecule has 1 saturated heterocycles. The lowest BCUT2D eigenvalue weighted by atomic mass is 9.65. The molecular weight excluding hydrogens is 515 g/mol. The summed E-state index contributed by atoms with van der Waals surface area (Å²) in [7, 11) is -3.84. The fourth-order valence-electron chi connectivity index (χ4n) is 5.64. The number of benzene rings is 2. The number of piperidine rings is 1. The minimum atomic E-state index is -3.84. The van der Waals surface area contributed by atoms with Gasteiger partial charge in [0.1, 0.15) is 11.5 Å². The molecule has 1 fully saturated rings. The Kier molecular flexibility index (Phi) is 6.08. The van der Waals surface area contributed by atoms with Gasteiger partial charge in [-0.05, 0) is 98.0 Å². The van der Waals surface area contributed by atoms with Gasteiger partial charge in [-0.1, -0.05) is 17.7 Å². The largest absolute Gasteiger partial charge is 0.291 e. The molecule has 0 bridgehead atoms. The maximum absolute atomic E-state index is 14.3. The molecule has 0 spiro atoms. The van der Waals surface area contributed by atoms with Gasteiger partial charge in [-0.2, -0.15) is 9.40 Å². The number of rotatable bonds is 5. The van der Waals surface area contributed by atoms with Crippen LogP contribution in [0.2, 0.25) is 0 Å². The SMILES string of the molecule is Cc1cccc(S(=O)(=O)N2CCC3=Cc4c(cnn4-c4ccc(F)cc4)C[C@]3(C(=O)c3cc(C)ccn3)C2)c1. The van der Waals surface area contributed by atoms with Crippen LogP contribution in [0.3, 0.4) is 0 Å². The molecule has 39 heavy (non-hydrogen) atoms. The lowest BCUT2D eigenvalue weighted by Crippen LogP contribution is -2.53. The van der Waals surface area contributed by atoms with Crippen molar-refractivity contribution < 1.29 is 17.6 Å². The number of pyridine rings is 1. The zero-order chi connectivity index (χ0) is 27.4. The van der Waals surface area contributed by atoms with E-state index in [-0.39, 0.29) is 36.0 Å². The van der Waals surface area contributed by atoms with Crippen molar-refractivity contribution in [3.63, 3.8) is 0 Å². The van der Waals surface area contributed by atoms with E-state index in [1.165, 1.54) is 16.4 Å². The van der Waals surface area contributed by atoms with E-state index in [9.17, 15) is 17.6 Å². The number of Topliss-reactive ketones (excluding diaryl/α,β-unsaturated/α-hetero) is 1. The Labute approximate surface area is 226 Å². The Bertz CT molecular complexity index is 1740. The van der Waals surface area contributed by atoms with Crippen molar-refractivity contribution in [2.24, 2.45) is 5.41 Å². The molecule has 0 saturated carbocycles. The van der Waals surface area contributed by atoms with Gasteiger partial charge in [0.2, 0.25) is 10.0 Å². The predicted molar refractivity (Wildman–Crippen MR) is 145 cm³/mol. The van der Waals surface area contributed by atoms with Crippen LogP contribution >= 0.6 is 0 Å². The zero-order valence-electron chi connectivity index (χ0n) is 21.6. The van der Waals surface area contributed by atoms with Crippen LogP contribution in [0.5, 0.6) is 0 Å². The summed E-state index contributed by atoms with van der Waals surface area (Å²) < 4.78 is 44.3. The summed E-state index contributed by atoms with van der Waals surface area (Å²) >= 11 is 0. The molecule has 2 aromatic heterocycles. The van der Waals surface area contributed by atoms with E-state index in [0.717, 1.165) is 28.0 Å². The smallest absolute Gasteiger partial charge is 0.243 e. The van der Waals surface area contributed by atoms with Gasteiger partial charge in [0.25, 0.3) is 0 Å². The summed E-state index contributed by atoms with van der Waals surface area (Å²) in [4.78, 5) is 18.9. The molecule has 0 N–H and O–H groups in total. The van der Waals surface area contributed by atoms with Gasteiger partial charge < -0.3 is 0 Å². The minimum absolute atomic E-state index is 0.00469. The molecule has 0 amide bonds. The molecule has 1 aliphatic carbocycles. The number of fused-ring (bicyclic) bond motifs is 2. The van der Waals surface area contributed by atoms with Gasteiger partial charge in [-0.3, -0.25) is 9.78 Å². The van der Waals surface area contributed by atoms with Crippen molar-refractivity contribution in [3.05, 3.63) is 113 Å². The molecule has 0 unspecified atom stereocenters. The lowest BCUT2D eigenvalue weighted by Gasteiger charge is -2.44. The molecule has 198 valence electrons. The Balaban J connectivity index is 1.46. The number of nitrogens with zero attached hydrogens (tertiary/aromatic N) is 4. The summed E-state index contributed by atoms with van der Waals surface area (Å²) in [5, 5.41) is 4.55. The second-order valence-corrected chi connectivity index (χ2v) is 12.3. The van der Waals surface area contributed by atoms with Crippen LogP contribution in [0.15, 0.2) is 83.5 Å². The van der Waals surface area contributed by atoms with Crippen LogP contribution in [0.1, 0.15) is 39.3 Å². The van der Waals surface area contributed by atoms with Crippen LogP contribution in [0.25, 0.3) is 11.8 Å². The monoisotopic (exact) mass is 542 g/mol. The number of carbonyl (C=O) groups is 1. The number of aryl methyl sites for hydroxylation is 2. The molecule has 1 atom stereocenters. The first kappa shape index (κ1) is 25.3. The number of ketones is 1. The molecule has 7 nitrogen and oxygen atoms in total. The normalized spacial score (nSPS) is 19.2. The van der Waals surface area contributed by atoms with Gasteiger partial charge in [0.05, 0.1) is 27.9 Å². The first-order valence-electron chi connectivity index (χ1n) is 12.8. The van der Waals surface area contributed by atoms with Gasteiger partial charge >= 0.3 is 0 Å². The Morgan fingerprint density at radius 3 is 2.54 bits per heavy atom. The van der Waals surface area contributed by atoms with Crippen molar-refractivity contribution in [3.8, 4) is 5.69 Å². The maximum atomic E-state index is 14.3. The molecule has 3 heterocycles. The fraction of sp³-hybridized carbons (Fsp3) is 0.233. The van der Waals surface area contributed by atoms with Crippen molar-refractivity contribution in [1.29, 1.82) is 0 Å². The van der Waals surface area contributed by atoms with Crippen LogP contribution < -0.4 is 0 Å². The predicted octanol–water partition coefficient (Wildman–Crippen LogP) is 4.93. The molecule has 0 radical (unpaired) electrons. The van der Waals surface area contributed by atoms with E-state index < -0.39 is 15.4 Å². The van der Waals surface area contributed by atoms with E-state index in [4.69, 9.17) is 0 Å². The van der Waals surface area contributed by atoms with Crippen molar-refractivity contribution >= 4 is 21.9 Å². The number of halogens is 1. The van der Waals surface area contributed by atoms with Gasteiger partial charge in [0, 0.05) is 19.3 Å². The summed E-state index contributed by atoms with van der Waals surface area (Å²) in [5.74, 6) is -0.544. The average molecular weight is 543 g/mol. The second kappa shape index (κ2) is 9.36. The number of hydrogen-bond donors (Lipinski definition) is 0. The second-order valence-electron chi connectivity index (χ2n) is 10.3. The standard InChI is InChI=1S/C30H27FN4O3S/c1-20-4-3-5-26(14-20)39(37,38)34-13-11-23-16-28-22(18-33-35(28)25-8-6-24(31)7-9-25)17-30(23,19-34)29(36)27-15-21(2)10-12-32-27/h3-10,12,14-16,18H,11,13,17,19H2,1-2H3/t30-/m0/s1. The number of carbonyl (C=O) groups excluding carboxylic acids is 1. The molecule has 2 aromatic carbocycles.